The molecule has 3 rings (SSSR count). The van der Waals surface area contributed by atoms with Crippen LogP contribution in [0, 0.1) is 6.92 Å². The maximum Gasteiger partial charge on any atom is 0.326 e. The number of likely N-dealkylation sites (tertiary alicyclic amines) is 1. The van der Waals surface area contributed by atoms with Crippen molar-refractivity contribution in [2.45, 2.75) is 25.5 Å². The molecule has 1 fully saturated rings. The fourth-order valence-electron chi connectivity index (χ4n) is 2.95. The van der Waals surface area contributed by atoms with Gasteiger partial charge in [0.2, 0.25) is 0 Å². The third-order valence-corrected chi connectivity index (χ3v) is 4.73. The summed E-state index contributed by atoms with van der Waals surface area (Å²) in [7, 11) is 1.52. The number of ether oxygens (including phenoxy) is 1. The molecule has 23 heavy (non-hydrogen) atoms. The van der Waals surface area contributed by atoms with Crippen molar-refractivity contribution in [3.8, 4) is 0 Å². The van der Waals surface area contributed by atoms with Gasteiger partial charge in [0.05, 0.1) is 6.10 Å². The summed E-state index contributed by atoms with van der Waals surface area (Å²) in [5.41, 5.74) is 1.31. The zero-order chi connectivity index (χ0) is 16.7. The van der Waals surface area contributed by atoms with Crippen LogP contribution < -0.4 is 0 Å². The molecule has 6 nitrogen and oxygen atoms in total. The average Bonchev–Trinajstić information content (AvgIpc) is 3.09. The van der Waals surface area contributed by atoms with Crippen LogP contribution in [0.15, 0.2) is 27.1 Å². The van der Waals surface area contributed by atoms with Crippen LogP contribution in [-0.4, -0.2) is 47.7 Å². The Bertz CT molecular complexity index is 784. The molecule has 0 aliphatic carbocycles. The lowest BCUT2D eigenvalue weighted by Crippen LogP contribution is -2.40. The summed E-state index contributed by atoms with van der Waals surface area (Å²) in [4.78, 5) is 25.5. The van der Waals surface area contributed by atoms with Gasteiger partial charge in [-0.15, -0.1) is 0 Å². The second-order valence-electron chi connectivity index (χ2n) is 5.60. The van der Waals surface area contributed by atoms with Gasteiger partial charge in [-0.1, -0.05) is 15.9 Å². The number of carbonyl (C=O) groups excluding carboxylic acids is 1. The van der Waals surface area contributed by atoms with E-state index in [2.05, 4.69) is 15.9 Å². The van der Waals surface area contributed by atoms with Gasteiger partial charge in [0.25, 0.3) is 5.91 Å². The molecular formula is C16H16BrNO5. The Morgan fingerprint density at radius 1 is 1.43 bits per heavy atom. The topological polar surface area (TPSA) is 80.0 Å². The SMILES string of the molecule is COC1CC(C(=O)O)N(C(=O)c2oc3ccc(Br)cc3c2C)C1. The number of rotatable bonds is 3. The smallest absolute Gasteiger partial charge is 0.326 e. The van der Waals surface area contributed by atoms with E-state index in [9.17, 15) is 14.7 Å². The van der Waals surface area contributed by atoms with Crippen molar-refractivity contribution < 1.29 is 23.8 Å². The molecule has 1 aliphatic rings. The third-order valence-electron chi connectivity index (χ3n) is 4.23. The van der Waals surface area contributed by atoms with E-state index in [1.807, 2.05) is 12.1 Å². The largest absolute Gasteiger partial charge is 0.480 e. The van der Waals surface area contributed by atoms with Crippen molar-refractivity contribution in [3.05, 3.63) is 34.0 Å². The Morgan fingerprint density at radius 3 is 2.83 bits per heavy atom. The average molecular weight is 382 g/mol. The van der Waals surface area contributed by atoms with E-state index in [-0.39, 0.29) is 24.8 Å². The highest BCUT2D eigenvalue weighted by Gasteiger charge is 2.41. The number of aryl methyl sites for hydroxylation is 1. The minimum atomic E-state index is -1.03. The molecular weight excluding hydrogens is 366 g/mol. The number of benzene rings is 1. The number of carboxylic acids is 1. The Hall–Kier alpha value is -1.86. The molecule has 0 radical (unpaired) electrons. The number of carbonyl (C=O) groups is 2. The van der Waals surface area contributed by atoms with Gasteiger partial charge < -0.3 is 19.2 Å². The van der Waals surface area contributed by atoms with Gasteiger partial charge >= 0.3 is 5.97 Å². The monoisotopic (exact) mass is 381 g/mol. The minimum absolute atomic E-state index is 0.182. The van der Waals surface area contributed by atoms with Crippen molar-refractivity contribution in [1.29, 1.82) is 0 Å². The normalized spacial score (nSPS) is 21.1. The highest BCUT2D eigenvalue weighted by molar-refractivity contribution is 9.10. The highest BCUT2D eigenvalue weighted by atomic mass is 79.9. The first-order valence-corrected chi connectivity index (χ1v) is 7.97. The summed E-state index contributed by atoms with van der Waals surface area (Å²) >= 11 is 3.39. The van der Waals surface area contributed by atoms with Gasteiger partial charge in [0.1, 0.15) is 11.6 Å². The third kappa shape index (κ3) is 2.74. The van der Waals surface area contributed by atoms with Crippen LogP contribution in [0.4, 0.5) is 0 Å². The molecule has 2 heterocycles. The minimum Gasteiger partial charge on any atom is -0.480 e. The second-order valence-corrected chi connectivity index (χ2v) is 6.52. The zero-order valence-corrected chi connectivity index (χ0v) is 14.3. The van der Waals surface area contributed by atoms with E-state index in [1.54, 1.807) is 13.0 Å². The number of aliphatic carboxylic acids is 1. The number of nitrogens with zero attached hydrogens (tertiary/aromatic N) is 1. The predicted molar refractivity (Wildman–Crippen MR) is 86.5 cm³/mol. The van der Waals surface area contributed by atoms with Gasteiger partial charge in [0, 0.05) is 35.5 Å². The molecule has 1 aromatic heterocycles. The molecule has 2 unspecified atom stereocenters. The summed E-state index contributed by atoms with van der Waals surface area (Å²) in [6, 6.07) is 4.59. The standard InChI is InChI=1S/C16H16BrNO5/c1-8-11-5-9(17)3-4-13(11)23-14(8)15(19)18-7-10(22-2)6-12(18)16(20)21/h3-5,10,12H,6-7H2,1-2H3,(H,20,21). The van der Waals surface area contributed by atoms with Crippen molar-refractivity contribution in [2.75, 3.05) is 13.7 Å². The van der Waals surface area contributed by atoms with Crippen LogP contribution in [0.2, 0.25) is 0 Å². The fourth-order valence-corrected chi connectivity index (χ4v) is 3.32. The van der Waals surface area contributed by atoms with E-state index < -0.39 is 17.9 Å². The second kappa shape index (κ2) is 5.98. The Labute approximate surface area is 141 Å². The first-order chi connectivity index (χ1) is 10.9. The van der Waals surface area contributed by atoms with E-state index in [1.165, 1.54) is 12.0 Å². The molecule has 0 spiro atoms. The summed E-state index contributed by atoms with van der Waals surface area (Å²) in [5.74, 6) is -1.27. The van der Waals surface area contributed by atoms with Gasteiger partial charge in [-0.2, -0.15) is 0 Å². The lowest BCUT2D eigenvalue weighted by Gasteiger charge is -2.20. The maximum atomic E-state index is 12.8. The molecule has 0 saturated carbocycles. The molecule has 2 atom stereocenters. The van der Waals surface area contributed by atoms with E-state index >= 15 is 0 Å². The van der Waals surface area contributed by atoms with Crippen LogP contribution >= 0.6 is 15.9 Å². The van der Waals surface area contributed by atoms with Gasteiger partial charge in [0.15, 0.2) is 5.76 Å². The van der Waals surface area contributed by atoms with E-state index in [0.717, 1.165) is 9.86 Å². The Kier molecular flexibility index (Phi) is 4.16. The predicted octanol–water partition coefficient (Wildman–Crippen LogP) is 2.82. The van der Waals surface area contributed by atoms with Crippen LogP contribution in [0.25, 0.3) is 11.0 Å². The van der Waals surface area contributed by atoms with Gasteiger partial charge in [-0.25, -0.2) is 4.79 Å². The van der Waals surface area contributed by atoms with Crippen molar-refractivity contribution in [1.82, 2.24) is 4.90 Å². The number of methoxy groups -OCH3 is 1. The summed E-state index contributed by atoms with van der Waals surface area (Å²) < 4.78 is 11.8. The molecule has 1 aliphatic heterocycles. The number of hydrogen-bond acceptors (Lipinski definition) is 4. The molecule has 1 aromatic carbocycles. The van der Waals surface area contributed by atoms with Gasteiger partial charge in [-0.05, 0) is 25.1 Å². The maximum absolute atomic E-state index is 12.8. The zero-order valence-electron chi connectivity index (χ0n) is 12.7. The molecule has 7 heteroatoms. The van der Waals surface area contributed by atoms with Crippen molar-refractivity contribution >= 4 is 38.8 Å². The lowest BCUT2D eigenvalue weighted by molar-refractivity contribution is -0.141. The summed E-state index contributed by atoms with van der Waals surface area (Å²) in [6.45, 7) is 2.04. The molecule has 2 aromatic rings. The van der Waals surface area contributed by atoms with Crippen LogP contribution in [0.5, 0.6) is 0 Å². The lowest BCUT2D eigenvalue weighted by atomic mass is 10.1. The van der Waals surface area contributed by atoms with Crippen molar-refractivity contribution in [3.63, 3.8) is 0 Å². The van der Waals surface area contributed by atoms with Crippen molar-refractivity contribution in [2.24, 2.45) is 0 Å². The number of carboxylic acid groups (broad SMARTS) is 1. The number of amides is 1. The van der Waals surface area contributed by atoms with Gasteiger partial charge in [-0.3, -0.25) is 4.79 Å². The molecule has 122 valence electrons. The Balaban J connectivity index is 1.99. The van der Waals surface area contributed by atoms with Crippen LogP contribution in [0.1, 0.15) is 22.5 Å². The highest BCUT2D eigenvalue weighted by Crippen LogP contribution is 2.31. The number of fused-ring (bicyclic) bond motifs is 1. The summed E-state index contributed by atoms with van der Waals surface area (Å²) in [5, 5.41) is 10.2. The van der Waals surface area contributed by atoms with E-state index in [4.69, 9.17) is 9.15 Å². The van der Waals surface area contributed by atoms with Crippen LogP contribution in [-0.2, 0) is 9.53 Å². The number of halogens is 1. The molecule has 1 N–H and O–H groups in total. The number of furan rings is 1. The summed E-state index contributed by atoms with van der Waals surface area (Å²) in [6.07, 6.45) is 0.00134. The quantitative estimate of drug-likeness (QED) is 0.883. The fraction of sp³-hybridized carbons (Fsp3) is 0.375. The first kappa shape index (κ1) is 16.0. The Morgan fingerprint density at radius 2 is 2.17 bits per heavy atom. The molecule has 1 amide bonds. The van der Waals surface area contributed by atoms with E-state index in [0.29, 0.717) is 11.1 Å². The molecule has 1 saturated heterocycles. The first-order valence-electron chi connectivity index (χ1n) is 7.17. The van der Waals surface area contributed by atoms with Crippen LogP contribution in [0.3, 0.4) is 0 Å². The molecule has 0 bridgehead atoms. The number of hydrogen-bond donors (Lipinski definition) is 1.